The summed E-state index contributed by atoms with van der Waals surface area (Å²) in [6.07, 6.45) is 1.36. The van der Waals surface area contributed by atoms with Gasteiger partial charge in [0.15, 0.2) is 11.7 Å². The van der Waals surface area contributed by atoms with Crippen molar-refractivity contribution in [2.24, 2.45) is 0 Å². The molecule has 0 aliphatic rings. The minimum absolute atomic E-state index is 0.0464. The Morgan fingerprint density at radius 3 is 2.52 bits per heavy atom. The maximum atomic E-state index is 12.3. The minimum Gasteiger partial charge on any atom is -0.484 e. The summed E-state index contributed by atoms with van der Waals surface area (Å²) in [5.74, 6) is 0.131. The molecule has 2 amide bonds. The number of hydrogen-bond donors (Lipinski definition) is 3. The molecule has 0 aliphatic carbocycles. The van der Waals surface area contributed by atoms with E-state index in [-0.39, 0.29) is 11.7 Å². The Hall–Kier alpha value is -3.39. The van der Waals surface area contributed by atoms with Gasteiger partial charge in [0.1, 0.15) is 17.6 Å². The predicted octanol–water partition coefficient (Wildman–Crippen LogP) is 3.27. The third-order valence-corrected chi connectivity index (χ3v) is 4.39. The molecule has 0 unspecified atom stereocenters. The van der Waals surface area contributed by atoms with E-state index in [9.17, 15) is 9.59 Å². The molecular formula is C21H21N3O4S. The number of nitrogens with one attached hydrogen (secondary N) is 3. The summed E-state index contributed by atoms with van der Waals surface area (Å²) in [5.41, 5.74) is 6.99. The second kappa shape index (κ2) is 9.20. The number of benzene rings is 2. The van der Waals surface area contributed by atoms with Crippen molar-refractivity contribution in [3.63, 3.8) is 0 Å². The number of hydrogen-bond acceptors (Lipinski definition) is 5. The number of fused-ring (bicyclic) bond motifs is 1. The molecule has 29 heavy (non-hydrogen) atoms. The lowest BCUT2D eigenvalue weighted by Crippen LogP contribution is -2.49. The van der Waals surface area contributed by atoms with Crippen LogP contribution in [-0.2, 0) is 4.79 Å². The third kappa shape index (κ3) is 5.32. The van der Waals surface area contributed by atoms with Crippen LogP contribution >= 0.6 is 12.2 Å². The Balaban J connectivity index is 1.44. The van der Waals surface area contributed by atoms with Crippen molar-refractivity contribution in [3.05, 3.63) is 65.9 Å². The third-order valence-electron chi connectivity index (χ3n) is 4.18. The fourth-order valence-corrected chi connectivity index (χ4v) is 2.76. The molecule has 8 heteroatoms. The summed E-state index contributed by atoms with van der Waals surface area (Å²) in [6, 6.07) is 14.7. The van der Waals surface area contributed by atoms with Gasteiger partial charge < -0.3 is 9.15 Å². The molecule has 0 atom stereocenters. The van der Waals surface area contributed by atoms with Crippen molar-refractivity contribution >= 4 is 40.1 Å². The first-order valence-corrected chi connectivity index (χ1v) is 9.44. The van der Waals surface area contributed by atoms with Crippen LogP contribution in [0.3, 0.4) is 0 Å². The molecule has 0 saturated carbocycles. The van der Waals surface area contributed by atoms with Crippen molar-refractivity contribution in [2.45, 2.75) is 19.8 Å². The topological polar surface area (TPSA) is 92.6 Å². The Bertz CT molecular complexity index is 1030. The molecule has 150 valence electrons. The van der Waals surface area contributed by atoms with Crippen LogP contribution in [0, 0.1) is 0 Å². The Kier molecular flexibility index (Phi) is 6.46. The molecule has 1 heterocycles. The number of hydrazine groups is 1. The van der Waals surface area contributed by atoms with Gasteiger partial charge in [-0.05, 0) is 41.9 Å². The molecule has 3 rings (SSSR count). The highest BCUT2D eigenvalue weighted by atomic mass is 32.1. The zero-order valence-corrected chi connectivity index (χ0v) is 16.8. The molecule has 0 fully saturated rings. The van der Waals surface area contributed by atoms with Gasteiger partial charge in [0, 0.05) is 5.39 Å². The minimum atomic E-state index is -0.441. The Labute approximate surface area is 173 Å². The first-order chi connectivity index (χ1) is 13.9. The lowest BCUT2D eigenvalue weighted by atomic mass is 10.0. The van der Waals surface area contributed by atoms with E-state index in [1.165, 1.54) is 11.8 Å². The van der Waals surface area contributed by atoms with E-state index in [0.29, 0.717) is 28.2 Å². The number of carbonyl (C=O) groups is 2. The molecule has 3 N–H and O–H groups in total. The summed E-state index contributed by atoms with van der Waals surface area (Å²) in [4.78, 5) is 24.2. The Morgan fingerprint density at radius 1 is 1.07 bits per heavy atom. The first kappa shape index (κ1) is 20.3. The largest absolute Gasteiger partial charge is 0.484 e. The highest BCUT2D eigenvalue weighted by Gasteiger charge is 2.14. The molecule has 0 aliphatic heterocycles. The molecule has 0 saturated heterocycles. The molecule has 0 bridgehead atoms. The number of amides is 2. The number of rotatable bonds is 5. The smallest absolute Gasteiger partial charge is 0.276 e. The summed E-state index contributed by atoms with van der Waals surface area (Å²) < 4.78 is 10.8. The fourth-order valence-electron chi connectivity index (χ4n) is 2.62. The summed E-state index contributed by atoms with van der Waals surface area (Å²) in [7, 11) is 0. The van der Waals surface area contributed by atoms with Gasteiger partial charge in [0.2, 0.25) is 0 Å². The fraction of sp³-hybridized carbons (Fsp3) is 0.190. The van der Waals surface area contributed by atoms with E-state index in [1.807, 2.05) is 36.4 Å². The van der Waals surface area contributed by atoms with Crippen LogP contribution in [-0.4, -0.2) is 23.5 Å². The molecule has 3 aromatic rings. The molecule has 0 radical (unpaired) electrons. The van der Waals surface area contributed by atoms with E-state index in [0.717, 1.165) is 0 Å². The van der Waals surface area contributed by atoms with E-state index in [1.54, 1.807) is 12.1 Å². The molecule has 0 spiro atoms. The van der Waals surface area contributed by atoms with Crippen molar-refractivity contribution < 1.29 is 18.7 Å². The van der Waals surface area contributed by atoms with Crippen molar-refractivity contribution in [3.8, 4) is 5.75 Å². The number of carbonyl (C=O) groups excluding carboxylic acids is 2. The van der Waals surface area contributed by atoms with Gasteiger partial charge in [-0.25, -0.2) is 0 Å². The number of thiocarbonyl (C=S) groups is 1. The van der Waals surface area contributed by atoms with Crippen molar-refractivity contribution in [1.29, 1.82) is 0 Å². The van der Waals surface area contributed by atoms with Gasteiger partial charge in [0.05, 0.1) is 5.56 Å². The van der Waals surface area contributed by atoms with Crippen molar-refractivity contribution in [1.82, 2.24) is 16.2 Å². The molecule has 2 aromatic carbocycles. The van der Waals surface area contributed by atoms with Crippen LogP contribution in [0.4, 0.5) is 0 Å². The van der Waals surface area contributed by atoms with Gasteiger partial charge in [0.25, 0.3) is 11.8 Å². The van der Waals surface area contributed by atoms with Crippen LogP contribution < -0.4 is 20.9 Å². The van der Waals surface area contributed by atoms with E-state index < -0.39 is 11.8 Å². The summed E-state index contributed by atoms with van der Waals surface area (Å²) in [5, 5.41) is 3.11. The SMILES string of the molecule is CC(C)c1ccc(OCC(=O)NNC(=S)NC(=O)c2coc3ccccc23)cc1. The van der Waals surface area contributed by atoms with Crippen LogP contribution in [0.25, 0.3) is 11.0 Å². The average Bonchev–Trinajstić information content (AvgIpc) is 3.15. The second-order valence-electron chi connectivity index (χ2n) is 6.61. The quantitative estimate of drug-likeness (QED) is 0.441. The zero-order chi connectivity index (χ0) is 20.8. The van der Waals surface area contributed by atoms with Gasteiger partial charge in [-0.1, -0.05) is 44.2 Å². The van der Waals surface area contributed by atoms with E-state index >= 15 is 0 Å². The number of furan rings is 1. The molecule has 1 aromatic heterocycles. The molecular weight excluding hydrogens is 390 g/mol. The van der Waals surface area contributed by atoms with Gasteiger partial charge >= 0.3 is 0 Å². The maximum absolute atomic E-state index is 12.3. The lowest BCUT2D eigenvalue weighted by molar-refractivity contribution is -0.123. The maximum Gasteiger partial charge on any atom is 0.276 e. The molecule has 7 nitrogen and oxygen atoms in total. The normalized spacial score (nSPS) is 10.6. The predicted molar refractivity (Wildman–Crippen MR) is 114 cm³/mol. The van der Waals surface area contributed by atoms with Crippen LogP contribution in [0.5, 0.6) is 5.75 Å². The highest BCUT2D eigenvalue weighted by Crippen LogP contribution is 2.20. The van der Waals surface area contributed by atoms with Gasteiger partial charge in [-0.3, -0.25) is 25.8 Å². The van der Waals surface area contributed by atoms with Crippen LogP contribution in [0.15, 0.2) is 59.2 Å². The zero-order valence-electron chi connectivity index (χ0n) is 16.0. The number of para-hydroxylation sites is 1. The average molecular weight is 411 g/mol. The lowest BCUT2D eigenvalue weighted by Gasteiger charge is -2.11. The van der Waals surface area contributed by atoms with Gasteiger partial charge in [-0.2, -0.15) is 0 Å². The van der Waals surface area contributed by atoms with E-state index in [4.69, 9.17) is 21.4 Å². The van der Waals surface area contributed by atoms with Gasteiger partial charge in [-0.15, -0.1) is 0 Å². The summed E-state index contributed by atoms with van der Waals surface area (Å²) in [6.45, 7) is 4.01. The summed E-state index contributed by atoms with van der Waals surface area (Å²) >= 11 is 5.03. The number of ether oxygens (including phenoxy) is 1. The van der Waals surface area contributed by atoms with Crippen LogP contribution in [0.1, 0.15) is 35.7 Å². The standard InChI is InChI=1S/C21H21N3O4S/c1-13(2)14-7-9-15(10-8-14)27-12-19(25)23-24-21(29)22-20(26)17-11-28-18-6-4-3-5-16(17)18/h3-11,13H,12H2,1-2H3,(H,23,25)(H2,22,24,26,29). The van der Waals surface area contributed by atoms with E-state index in [2.05, 4.69) is 30.0 Å². The highest BCUT2D eigenvalue weighted by molar-refractivity contribution is 7.80. The monoisotopic (exact) mass is 411 g/mol. The second-order valence-corrected chi connectivity index (χ2v) is 7.02. The first-order valence-electron chi connectivity index (χ1n) is 9.03. The van der Waals surface area contributed by atoms with Crippen molar-refractivity contribution in [2.75, 3.05) is 6.61 Å². The van der Waals surface area contributed by atoms with Crippen LogP contribution in [0.2, 0.25) is 0 Å². The Morgan fingerprint density at radius 2 is 1.79 bits per heavy atom.